The van der Waals surface area contributed by atoms with E-state index in [9.17, 15) is 4.39 Å². The molecular formula is C16H15FN4O. The van der Waals surface area contributed by atoms with Crippen molar-refractivity contribution < 1.29 is 9.13 Å². The van der Waals surface area contributed by atoms with Gasteiger partial charge in [-0.25, -0.2) is 15.2 Å². The molecule has 1 heterocycles. The van der Waals surface area contributed by atoms with Gasteiger partial charge in [0.05, 0.1) is 6.61 Å². The summed E-state index contributed by atoms with van der Waals surface area (Å²) in [5.74, 6) is 6.62. The van der Waals surface area contributed by atoms with Gasteiger partial charge < -0.3 is 10.2 Å². The summed E-state index contributed by atoms with van der Waals surface area (Å²) in [7, 11) is 0. The van der Waals surface area contributed by atoms with Crippen LogP contribution in [0.5, 0.6) is 5.75 Å². The molecule has 3 N–H and O–H groups in total. The second-order valence-corrected chi connectivity index (χ2v) is 5.25. The summed E-state index contributed by atoms with van der Waals surface area (Å²) in [6.07, 6.45) is 2.54. The minimum atomic E-state index is -0.227. The van der Waals surface area contributed by atoms with Gasteiger partial charge in [-0.15, -0.1) is 0 Å². The number of nitrogens with one attached hydrogen (secondary N) is 1. The van der Waals surface area contributed by atoms with Gasteiger partial charge in [0, 0.05) is 18.2 Å². The van der Waals surface area contributed by atoms with Crippen molar-refractivity contribution in [2.75, 3.05) is 12.0 Å². The molecule has 1 aromatic heterocycles. The van der Waals surface area contributed by atoms with Crippen molar-refractivity contribution in [2.24, 2.45) is 11.8 Å². The van der Waals surface area contributed by atoms with E-state index in [2.05, 4.69) is 10.4 Å². The predicted octanol–water partition coefficient (Wildman–Crippen LogP) is 2.56. The van der Waals surface area contributed by atoms with Crippen molar-refractivity contribution in [1.82, 2.24) is 4.98 Å². The summed E-state index contributed by atoms with van der Waals surface area (Å²) in [5.41, 5.74) is 3.80. The number of nitrogens with zero attached hydrogens (tertiary/aromatic N) is 2. The number of pyridine rings is 1. The first kappa shape index (κ1) is 14.3. The average molecular weight is 298 g/mol. The molecule has 0 radical (unpaired) electrons. The minimum absolute atomic E-state index is 0.227. The summed E-state index contributed by atoms with van der Waals surface area (Å²) in [5, 5.41) is 9.17. The average Bonchev–Trinajstić information content (AvgIpc) is 3.32. The Balaban J connectivity index is 1.63. The van der Waals surface area contributed by atoms with Gasteiger partial charge in [-0.3, -0.25) is 0 Å². The monoisotopic (exact) mass is 298 g/mol. The van der Waals surface area contributed by atoms with Crippen LogP contribution < -0.4 is 16.0 Å². The van der Waals surface area contributed by atoms with Gasteiger partial charge in [0.2, 0.25) is 0 Å². The van der Waals surface area contributed by atoms with Gasteiger partial charge in [0.15, 0.2) is 5.82 Å². The Morgan fingerprint density at radius 2 is 2.14 bits per heavy atom. The fraction of sp³-hybridized carbons (Fsp3) is 0.250. The van der Waals surface area contributed by atoms with Crippen LogP contribution in [0.4, 0.5) is 10.2 Å². The first-order valence-corrected chi connectivity index (χ1v) is 6.97. The highest BCUT2D eigenvalue weighted by Crippen LogP contribution is 2.47. The Kier molecular flexibility index (Phi) is 3.90. The van der Waals surface area contributed by atoms with Crippen LogP contribution >= 0.6 is 0 Å². The number of nitrogens with two attached hydrogens (primary N) is 1. The van der Waals surface area contributed by atoms with Gasteiger partial charge in [0.25, 0.3) is 0 Å². The maximum Gasteiger partial charge on any atom is 0.161 e. The second-order valence-electron chi connectivity index (χ2n) is 5.25. The van der Waals surface area contributed by atoms with Crippen LogP contribution in [-0.2, 0) is 0 Å². The number of hydrogen-bond acceptors (Lipinski definition) is 5. The summed E-state index contributed by atoms with van der Waals surface area (Å²) in [4.78, 5) is 3.97. The topological polar surface area (TPSA) is 84.0 Å². The fourth-order valence-electron chi connectivity index (χ4n) is 2.53. The number of hydrogen-bond donors (Lipinski definition) is 2. The van der Waals surface area contributed by atoms with Crippen LogP contribution in [0.1, 0.15) is 23.5 Å². The molecular weight excluding hydrogens is 283 g/mol. The smallest absolute Gasteiger partial charge is 0.161 e. The van der Waals surface area contributed by atoms with Crippen LogP contribution in [0, 0.1) is 23.1 Å². The quantitative estimate of drug-likeness (QED) is 0.654. The molecule has 3 rings (SSSR count). The summed E-state index contributed by atoms with van der Waals surface area (Å²) in [6, 6.07) is 10.2. The first-order chi connectivity index (χ1) is 10.7. The van der Waals surface area contributed by atoms with Gasteiger partial charge in [-0.05, 0) is 30.0 Å². The van der Waals surface area contributed by atoms with E-state index in [0.717, 1.165) is 12.0 Å². The maximum atomic E-state index is 12.9. The van der Waals surface area contributed by atoms with E-state index in [1.165, 1.54) is 18.3 Å². The molecule has 112 valence electrons. The van der Waals surface area contributed by atoms with E-state index in [1.807, 2.05) is 18.2 Å². The second kappa shape index (κ2) is 6.00. The van der Waals surface area contributed by atoms with Crippen molar-refractivity contribution in [3.63, 3.8) is 0 Å². The largest absolute Gasteiger partial charge is 0.492 e. The minimum Gasteiger partial charge on any atom is -0.492 e. The van der Waals surface area contributed by atoms with Crippen LogP contribution in [0.2, 0.25) is 0 Å². The van der Waals surface area contributed by atoms with E-state index >= 15 is 0 Å². The van der Waals surface area contributed by atoms with Gasteiger partial charge in [0.1, 0.15) is 23.2 Å². The number of benzene rings is 1. The van der Waals surface area contributed by atoms with E-state index in [-0.39, 0.29) is 5.82 Å². The molecule has 22 heavy (non-hydrogen) atoms. The van der Waals surface area contributed by atoms with Crippen LogP contribution in [0.15, 0.2) is 36.5 Å². The number of nitrogen functional groups attached to an aromatic ring is 1. The van der Waals surface area contributed by atoms with Gasteiger partial charge >= 0.3 is 0 Å². The molecule has 0 saturated heterocycles. The Bertz CT molecular complexity index is 711. The first-order valence-electron chi connectivity index (χ1n) is 6.97. The fourth-order valence-corrected chi connectivity index (χ4v) is 2.53. The number of halogens is 1. The third-order valence-electron chi connectivity index (χ3n) is 3.83. The lowest BCUT2D eigenvalue weighted by Gasteiger charge is -2.10. The third-order valence-corrected chi connectivity index (χ3v) is 3.83. The molecule has 6 heteroatoms. The lowest BCUT2D eigenvalue weighted by atomic mass is 10.1. The molecule has 0 amide bonds. The van der Waals surface area contributed by atoms with Crippen LogP contribution in [0.25, 0.3) is 0 Å². The highest BCUT2D eigenvalue weighted by atomic mass is 19.1. The van der Waals surface area contributed by atoms with Crippen molar-refractivity contribution in [3.8, 4) is 11.8 Å². The van der Waals surface area contributed by atoms with Crippen molar-refractivity contribution in [2.45, 2.75) is 12.3 Å². The Labute approximate surface area is 127 Å². The van der Waals surface area contributed by atoms with Gasteiger partial charge in [-0.2, -0.15) is 5.26 Å². The zero-order valence-electron chi connectivity index (χ0n) is 11.8. The molecule has 0 spiro atoms. The third kappa shape index (κ3) is 2.85. The maximum absolute atomic E-state index is 12.9. The number of nitriles is 1. The molecule has 1 aromatic carbocycles. The van der Waals surface area contributed by atoms with Crippen molar-refractivity contribution >= 4 is 5.82 Å². The van der Waals surface area contributed by atoms with E-state index in [1.54, 1.807) is 6.07 Å². The molecule has 0 aliphatic heterocycles. The summed E-state index contributed by atoms with van der Waals surface area (Å²) >= 11 is 0. The van der Waals surface area contributed by atoms with Crippen LogP contribution in [-0.4, -0.2) is 11.6 Å². The summed E-state index contributed by atoms with van der Waals surface area (Å²) < 4.78 is 18.7. The van der Waals surface area contributed by atoms with E-state index in [0.29, 0.717) is 35.6 Å². The Morgan fingerprint density at radius 3 is 2.82 bits per heavy atom. The molecule has 1 saturated carbocycles. The van der Waals surface area contributed by atoms with E-state index < -0.39 is 0 Å². The molecule has 5 nitrogen and oxygen atoms in total. The predicted molar refractivity (Wildman–Crippen MR) is 79.5 cm³/mol. The zero-order chi connectivity index (χ0) is 15.5. The number of rotatable bonds is 5. The molecule has 1 aliphatic carbocycles. The SMILES string of the molecule is N#Cc1c(OCC2CC2c2ccc(F)cc2)ccnc1NN. The van der Waals surface area contributed by atoms with E-state index in [4.69, 9.17) is 15.8 Å². The highest BCUT2D eigenvalue weighted by molar-refractivity contribution is 5.58. The van der Waals surface area contributed by atoms with Crippen LogP contribution in [0.3, 0.4) is 0 Å². The standard InChI is InChI=1S/C16H15FN4O/c17-12-3-1-10(2-4-12)13-7-11(13)9-22-15-5-6-20-16(21-19)14(15)8-18/h1-6,11,13H,7,9,19H2,(H,20,21). The lowest BCUT2D eigenvalue weighted by Crippen LogP contribution is -2.11. The zero-order valence-corrected chi connectivity index (χ0v) is 11.8. The Hall–Kier alpha value is -2.65. The van der Waals surface area contributed by atoms with Crippen molar-refractivity contribution in [3.05, 3.63) is 53.5 Å². The number of ether oxygens (including phenoxy) is 1. The van der Waals surface area contributed by atoms with Crippen molar-refractivity contribution in [1.29, 1.82) is 5.26 Å². The highest BCUT2D eigenvalue weighted by Gasteiger charge is 2.38. The molecule has 2 unspecified atom stereocenters. The Morgan fingerprint density at radius 1 is 1.36 bits per heavy atom. The normalized spacial score (nSPS) is 19.3. The molecule has 2 aromatic rings. The number of aromatic nitrogens is 1. The van der Waals surface area contributed by atoms with Gasteiger partial charge in [-0.1, -0.05) is 12.1 Å². The number of hydrazine groups is 1. The molecule has 1 fully saturated rings. The molecule has 0 bridgehead atoms. The summed E-state index contributed by atoms with van der Waals surface area (Å²) in [6.45, 7) is 0.505. The number of anilines is 1. The lowest BCUT2D eigenvalue weighted by molar-refractivity contribution is 0.296. The molecule has 1 aliphatic rings. The molecule has 2 atom stereocenters.